The van der Waals surface area contributed by atoms with E-state index in [1.807, 2.05) is 13.1 Å². The fourth-order valence-corrected chi connectivity index (χ4v) is 1.86. The molecule has 2 rings (SSSR count). The van der Waals surface area contributed by atoms with E-state index in [0.29, 0.717) is 6.10 Å². The average molecular weight is 246 g/mol. The van der Waals surface area contributed by atoms with Crippen molar-refractivity contribution in [1.82, 2.24) is 15.1 Å². The number of hydrogen-bond donors (Lipinski definition) is 1. The van der Waals surface area contributed by atoms with Gasteiger partial charge in [-0.3, -0.25) is 0 Å². The molecule has 0 radical (unpaired) electrons. The minimum Gasteiger partial charge on any atom is -0.473 e. The van der Waals surface area contributed by atoms with Crippen molar-refractivity contribution in [3.05, 3.63) is 10.7 Å². The number of aryl methyl sites for hydroxylation is 1. The van der Waals surface area contributed by atoms with E-state index in [4.69, 9.17) is 4.74 Å². The summed E-state index contributed by atoms with van der Waals surface area (Å²) in [5, 5.41) is 7.39. The first kappa shape index (κ1) is 9.02. The first-order valence-corrected chi connectivity index (χ1v) is 5.12. The van der Waals surface area contributed by atoms with Crippen LogP contribution in [0.3, 0.4) is 0 Å². The zero-order chi connectivity index (χ0) is 9.26. The third-order valence-corrected chi connectivity index (χ3v) is 2.50. The summed E-state index contributed by atoms with van der Waals surface area (Å²) < 4.78 is 8.29. The number of hydrogen-bond acceptors (Lipinski definition) is 3. The predicted octanol–water partition coefficient (Wildman–Crippen LogP) is 0.923. The van der Waals surface area contributed by atoms with Crippen LogP contribution in [0.5, 0.6) is 5.88 Å². The number of aromatic nitrogens is 2. The van der Waals surface area contributed by atoms with E-state index < -0.39 is 0 Å². The number of nitrogens with zero attached hydrogens (tertiary/aromatic N) is 2. The SMILES string of the molecule is Cn1nc(Br)cc1OC1CCNC1. The van der Waals surface area contributed by atoms with Crippen LogP contribution in [-0.2, 0) is 7.05 Å². The molecule has 0 bridgehead atoms. The van der Waals surface area contributed by atoms with Crippen molar-refractivity contribution < 1.29 is 4.74 Å². The van der Waals surface area contributed by atoms with Crippen LogP contribution >= 0.6 is 15.9 Å². The second-order valence-electron chi connectivity index (χ2n) is 3.16. The molecule has 1 aliphatic rings. The molecule has 1 unspecified atom stereocenters. The molecule has 4 nitrogen and oxygen atoms in total. The monoisotopic (exact) mass is 245 g/mol. The number of ether oxygens (including phenoxy) is 1. The Labute approximate surface area is 85.4 Å². The van der Waals surface area contributed by atoms with Crippen molar-refractivity contribution in [3.63, 3.8) is 0 Å². The summed E-state index contributed by atoms with van der Waals surface area (Å²) in [6, 6.07) is 1.89. The van der Waals surface area contributed by atoms with Crippen LogP contribution in [0, 0.1) is 0 Å². The summed E-state index contributed by atoms with van der Waals surface area (Å²) in [5.41, 5.74) is 0. The van der Waals surface area contributed by atoms with Gasteiger partial charge in [0.15, 0.2) is 0 Å². The van der Waals surface area contributed by atoms with Gasteiger partial charge < -0.3 is 10.1 Å². The standard InChI is InChI=1S/C8H12BrN3O/c1-12-8(4-7(9)11-12)13-6-2-3-10-5-6/h4,6,10H,2-3,5H2,1H3. The lowest BCUT2D eigenvalue weighted by atomic mass is 10.3. The highest BCUT2D eigenvalue weighted by Gasteiger charge is 2.17. The number of rotatable bonds is 2. The summed E-state index contributed by atoms with van der Waals surface area (Å²) in [4.78, 5) is 0. The smallest absolute Gasteiger partial charge is 0.212 e. The van der Waals surface area contributed by atoms with Gasteiger partial charge in [-0.15, -0.1) is 0 Å². The highest BCUT2D eigenvalue weighted by Crippen LogP contribution is 2.19. The van der Waals surface area contributed by atoms with Gasteiger partial charge in [0.2, 0.25) is 5.88 Å². The maximum Gasteiger partial charge on any atom is 0.212 e. The second-order valence-corrected chi connectivity index (χ2v) is 3.97. The molecule has 0 aromatic carbocycles. The molecule has 1 fully saturated rings. The van der Waals surface area contributed by atoms with E-state index in [-0.39, 0.29) is 0 Å². The van der Waals surface area contributed by atoms with Crippen molar-refractivity contribution in [3.8, 4) is 5.88 Å². The zero-order valence-corrected chi connectivity index (χ0v) is 9.04. The van der Waals surface area contributed by atoms with Crippen molar-refractivity contribution >= 4 is 15.9 Å². The number of nitrogens with one attached hydrogen (secondary N) is 1. The third kappa shape index (κ3) is 2.03. The summed E-state index contributed by atoms with van der Waals surface area (Å²) in [5.74, 6) is 0.820. The van der Waals surface area contributed by atoms with Crippen LogP contribution in [-0.4, -0.2) is 29.0 Å². The molecular formula is C8H12BrN3O. The van der Waals surface area contributed by atoms with Gasteiger partial charge in [-0.05, 0) is 28.9 Å². The molecule has 1 aromatic rings. The lowest BCUT2D eigenvalue weighted by molar-refractivity contribution is 0.204. The molecule has 0 saturated carbocycles. The third-order valence-electron chi connectivity index (χ3n) is 2.11. The quantitative estimate of drug-likeness (QED) is 0.843. The van der Waals surface area contributed by atoms with E-state index in [9.17, 15) is 0 Å². The van der Waals surface area contributed by atoms with Crippen molar-refractivity contribution in [2.24, 2.45) is 7.05 Å². The molecule has 1 N–H and O–H groups in total. The molecule has 2 heterocycles. The van der Waals surface area contributed by atoms with Gasteiger partial charge in [-0.1, -0.05) is 0 Å². The summed E-state index contributed by atoms with van der Waals surface area (Å²) in [6.45, 7) is 1.98. The molecule has 0 amide bonds. The van der Waals surface area contributed by atoms with Crippen molar-refractivity contribution in [1.29, 1.82) is 0 Å². The normalized spacial score (nSPS) is 22.2. The lowest BCUT2D eigenvalue weighted by Crippen LogP contribution is -2.20. The fraction of sp³-hybridized carbons (Fsp3) is 0.625. The summed E-state index contributed by atoms with van der Waals surface area (Å²) in [7, 11) is 1.88. The highest BCUT2D eigenvalue weighted by molar-refractivity contribution is 9.10. The Morgan fingerprint density at radius 2 is 2.62 bits per heavy atom. The topological polar surface area (TPSA) is 39.1 Å². The van der Waals surface area contributed by atoms with Crippen LogP contribution in [0.25, 0.3) is 0 Å². The van der Waals surface area contributed by atoms with E-state index in [1.165, 1.54) is 0 Å². The largest absolute Gasteiger partial charge is 0.473 e. The molecule has 1 saturated heterocycles. The summed E-state index contributed by atoms with van der Waals surface area (Å²) in [6.07, 6.45) is 1.37. The molecule has 1 aromatic heterocycles. The molecule has 0 aliphatic carbocycles. The predicted molar refractivity (Wildman–Crippen MR) is 52.8 cm³/mol. The molecule has 13 heavy (non-hydrogen) atoms. The maximum absolute atomic E-state index is 5.73. The molecular weight excluding hydrogens is 234 g/mol. The van der Waals surface area contributed by atoms with E-state index in [1.54, 1.807) is 4.68 Å². The average Bonchev–Trinajstić information content (AvgIpc) is 2.63. The fourth-order valence-electron chi connectivity index (χ4n) is 1.43. The highest BCUT2D eigenvalue weighted by atomic mass is 79.9. The Morgan fingerprint density at radius 1 is 1.77 bits per heavy atom. The van der Waals surface area contributed by atoms with Gasteiger partial charge >= 0.3 is 0 Å². The van der Waals surface area contributed by atoms with E-state index in [0.717, 1.165) is 30.0 Å². The minimum absolute atomic E-state index is 0.294. The second kappa shape index (κ2) is 3.67. The Kier molecular flexibility index (Phi) is 2.55. The Balaban J connectivity index is 2.03. The van der Waals surface area contributed by atoms with Gasteiger partial charge in [-0.2, -0.15) is 5.10 Å². The lowest BCUT2D eigenvalue weighted by Gasteiger charge is -2.11. The Morgan fingerprint density at radius 3 is 3.15 bits per heavy atom. The van der Waals surface area contributed by atoms with Crippen LogP contribution in [0.1, 0.15) is 6.42 Å². The molecule has 1 atom stereocenters. The Bertz CT molecular complexity index is 294. The molecule has 5 heteroatoms. The van der Waals surface area contributed by atoms with Crippen LogP contribution in [0.2, 0.25) is 0 Å². The van der Waals surface area contributed by atoms with Crippen LogP contribution < -0.4 is 10.1 Å². The van der Waals surface area contributed by atoms with Crippen LogP contribution in [0.15, 0.2) is 10.7 Å². The first-order chi connectivity index (χ1) is 6.25. The van der Waals surface area contributed by atoms with E-state index in [2.05, 4.69) is 26.3 Å². The number of halogens is 1. The van der Waals surface area contributed by atoms with Crippen molar-refractivity contribution in [2.45, 2.75) is 12.5 Å². The molecule has 72 valence electrons. The minimum atomic E-state index is 0.294. The van der Waals surface area contributed by atoms with Gasteiger partial charge in [-0.25, -0.2) is 4.68 Å². The maximum atomic E-state index is 5.73. The zero-order valence-electron chi connectivity index (χ0n) is 7.46. The molecule has 0 spiro atoms. The first-order valence-electron chi connectivity index (χ1n) is 4.32. The van der Waals surface area contributed by atoms with Gasteiger partial charge in [0, 0.05) is 19.7 Å². The Hall–Kier alpha value is -0.550. The van der Waals surface area contributed by atoms with E-state index >= 15 is 0 Å². The van der Waals surface area contributed by atoms with Gasteiger partial charge in [0.1, 0.15) is 10.7 Å². The van der Waals surface area contributed by atoms with Gasteiger partial charge in [0.25, 0.3) is 0 Å². The van der Waals surface area contributed by atoms with Crippen LogP contribution in [0.4, 0.5) is 0 Å². The van der Waals surface area contributed by atoms with Crippen molar-refractivity contribution in [2.75, 3.05) is 13.1 Å². The molecule has 1 aliphatic heterocycles. The van der Waals surface area contributed by atoms with Gasteiger partial charge in [0.05, 0.1) is 0 Å². The summed E-state index contributed by atoms with van der Waals surface area (Å²) >= 11 is 3.30.